The zero-order valence-corrected chi connectivity index (χ0v) is 52.4. The minimum Gasteiger partial charge on any atom is -0.872 e. The van der Waals surface area contributed by atoms with Crippen LogP contribution in [0.5, 0.6) is 23.0 Å². The standard InChI is InChI=1S/4C13H11N3O.4C2H6O.H2O.2Zn/c4*14-8-5-6-9(12(17)7-8)13-15-10-3-1-2-4-11(10)16-13;4*1-2-3;;;/h4*1-7,17H,14H2,(H,15,16);4*3H,2H2,1H3;1H2;;/q;;;;;;;;;2*+2/p-4. The smallest absolute Gasteiger partial charge is 0.872 e. The number of para-hydroxylation sites is 8. The number of aliphatic hydroxyl groups is 4. The molecule has 0 aliphatic heterocycles. The minimum atomic E-state index is -0.121. The number of aromatic nitrogens is 8. The number of aromatic amines is 4. The van der Waals surface area contributed by atoms with Gasteiger partial charge in [-0.3, -0.25) is 0 Å². The van der Waals surface area contributed by atoms with Gasteiger partial charge < -0.3 is 89.2 Å². The number of anilines is 4. The molecular formula is C60H66N12O9Zn2. The zero-order valence-electron chi connectivity index (χ0n) is 46.4. The summed E-state index contributed by atoms with van der Waals surface area (Å²) in [5.41, 5.74) is 33.3. The Kier molecular flexibility index (Phi) is 30.2. The van der Waals surface area contributed by atoms with Crippen molar-refractivity contribution in [1.29, 1.82) is 0 Å². The molecule has 0 saturated carbocycles. The summed E-state index contributed by atoms with van der Waals surface area (Å²) in [6.07, 6.45) is 0. The molecule has 0 bridgehead atoms. The fourth-order valence-electron chi connectivity index (χ4n) is 7.26. The molecule has 0 saturated heterocycles. The Morgan fingerprint density at radius 2 is 0.494 bits per heavy atom. The van der Waals surface area contributed by atoms with Crippen molar-refractivity contribution in [2.75, 3.05) is 49.4 Å². The predicted molar refractivity (Wildman–Crippen MR) is 316 cm³/mol. The van der Waals surface area contributed by atoms with Crippen molar-refractivity contribution < 1.29 is 85.3 Å². The van der Waals surface area contributed by atoms with Gasteiger partial charge in [0.25, 0.3) is 0 Å². The van der Waals surface area contributed by atoms with Crippen molar-refractivity contribution in [3.63, 3.8) is 0 Å². The van der Waals surface area contributed by atoms with Gasteiger partial charge in [0, 0.05) is 71.4 Å². The van der Waals surface area contributed by atoms with Crippen LogP contribution < -0.4 is 43.4 Å². The Balaban J connectivity index is 0.000000350. The van der Waals surface area contributed by atoms with Crippen LogP contribution in [0.1, 0.15) is 27.7 Å². The second kappa shape index (κ2) is 35.7. The summed E-state index contributed by atoms with van der Waals surface area (Å²) in [6.45, 7) is 7.72. The molecule has 83 heavy (non-hydrogen) atoms. The number of aliphatic hydroxyl groups excluding tert-OH is 4. The van der Waals surface area contributed by atoms with Crippen LogP contribution in [-0.2, 0) is 39.0 Å². The molecule has 0 atom stereocenters. The van der Waals surface area contributed by atoms with Crippen LogP contribution in [0.15, 0.2) is 170 Å². The first kappa shape index (κ1) is 70.2. The van der Waals surface area contributed by atoms with E-state index in [0.717, 1.165) is 44.1 Å². The van der Waals surface area contributed by atoms with E-state index in [2.05, 4.69) is 39.9 Å². The molecule has 4 heterocycles. The van der Waals surface area contributed by atoms with Crippen LogP contribution in [0.4, 0.5) is 22.7 Å². The molecule has 18 N–H and O–H groups in total. The van der Waals surface area contributed by atoms with E-state index in [1.54, 1.807) is 76.2 Å². The number of fused-ring (bicyclic) bond motifs is 4. The first-order valence-corrected chi connectivity index (χ1v) is 25.1. The SMILES string of the molecule is CCO.CCO.CCO.CCO.Nc1ccc(-c2nc3ccccc3[nH]2)c([O-])c1.Nc1ccc(-c2nc3ccccc3[nH]2)c([O-])c1.Nc1ccc(-c2nc3ccccc3[nH]2)c([O-])c1.Nc1ccc(-c2nc3ccccc3[nH]2)c([O-])c1.O.[Zn+2].[Zn+2]. The van der Waals surface area contributed by atoms with Crippen LogP contribution >= 0.6 is 0 Å². The normalized spacial score (nSPS) is 9.73. The van der Waals surface area contributed by atoms with Gasteiger partial charge in [0.2, 0.25) is 0 Å². The van der Waals surface area contributed by atoms with E-state index >= 15 is 0 Å². The summed E-state index contributed by atoms with van der Waals surface area (Å²) in [6, 6.07) is 49.8. The molecule has 0 amide bonds. The van der Waals surface area contributed by atoms with Gasteiger partial charge in [0.05, 0.1) is 44.1 Å². The third-order valence-corrected chi connectivity index (χ3v) is 10.6. The van der Waals surface area contributed by atoms with Crippen molar-refractivity contribution in [3.8, 4) is 68.5 Å². The third-order valence-electron chi connectivity index (χ3n) is 10.6. The van der Waals surface area contributed by atoms with Gasteiger partial charge in [-0.15, -0.1) is 0 Å². The summed E-state index contributed by atoms with van der Waals surface area (Å²) >= 11 is 0. The van der Waals surface area contributed by atoms with Crippen LogP contribution in [0.25, 0.3) is 89.7 Å². The van der Waals surface area contributed by atoms with E-state index in [9.17, 15) is 20.4 Å². The average molecular weight is 1230 g/mol. The molecule has 23 heteroatoms. The minimum absolute atomic E-state index is 0. The van der Waals surface area contributed by atoms with Gasteiger partial charge in [-0.25, -0.2) is 19.9 Å². The number of nitrogens with two attached hydrogens (primary N) is 4. The number of nitrogen functional groups attached to an aromatic ring is 4. The number of H-pyrrole nitrogens is 4. The van der Waals surface area contributed by atoms with E-state index in [1.807, 2.05) is 97.1 Å². The van der Waals surface area contributed by atoms with Crippen molar-refractivity contribution in [1.82, 2.24) is 39.9 Å². The Hall–Kier alpha value is -8.91. The van der Waals surface area contributed by atoms with Gasteiger partial charge in [0.15, 0.2) is 0 Å². The third kappa shape index (κ3) is 20.2. The topological polar surface area (TPSA) is 423 Å². The monoisotopic (exact) mass is 1230 g/mol. The molecule has 0 radical (unpaired) electrons. The number of rotatable bonds is 4. The Morgan fingerprint density at radius 1 is 0.325 bits per heavy atom. The number of nitrogens with one attached hydrogen (secondary N) is 4. The number of hydrogen-bond donors (Lipinski definition) is 12. The van der Waals surface area contributed by atoms with E-state index in [0.29, 0.717) is 68.3 Å². The molecule has 21 nitrogen and oxygen atoms in total. The second-order valence-corrected chi connectivity index (χ2v) is 16.7. The van der Waals surface area contributed by atoms with Crippen LogP contribution in [0, 0.1) is 0 Å². The summed E-state index contributed by atoms with van der Waals surface area (Å²) in [4.78, 5) is 30.0. The number of benzene rings is 8. The summed E-state index contributed by atoms with van der Waals surface area (Å²) < 4.78 is 0. The molecule has 4 aromatic heterocycles. The zero-order chi connectivity index (χ0) is 58.1. The molecule has 0 aliphatic rings. The maximum atomic E-state index is 11.8. The molecule has 12 rings (SSSR count). The fraction of sp³-hybridized carbons (Fsp3) is 0.133. The number of nitrogens with zero attached hydrogens (tertiary/aromatic N) is 4. The van der Waals surface area contributed by atoms with Crippen molar-refractivity contribution in [2.24, 2.45) is 0 Å². The van der Waals surface area contributed by atoms with Gasteiger partial charge in [-0.2, -0.15) is 0 Å². The van der Waals surface area contributed by atoms with Gasteiger partial charge in [-0.05, 0) is 149 Å². The molecule has 8 aromatic carbocycles. The van der Waals surface area contributed by atoms with Gasteiger partial charge in [-0.1, -0.05) is 71.5 Å². The fourth-order valence-corrected chi connectivity index (χ4v) is 7.26. The van der Waals surface area contributed by atoms with Gasteiger partial charge in [0.1, 0.15) is 23.3 Å². The van der Waals surface area contributed by atoms with Crippen molar-refractivity contribution in [2.45, 2.75) is 27.7 Å². The van der Waals surface area contributed by atoms with Gasteiger partial charge >= 0.3 is 39.0 Å². The summed E-state index contributed by atoms with van der Waals surface area (Å²) in [5.74, 6) is 1.83. The average Bonchev–Trinajstić information content (AvgIpc) is 4.31. The number of imidazole rings is 4. The summed E-state index contributed by atoms with van der Waals surface area (Å²) in [5, 5.41) is 77.4. The first-order valence-electron chi connectivity index (χ1n) is 25.1. The van der Waals surface area contributed by atoms with E-state index in [4.69, 9.17) is 43.4 Å². The predicted octanol–water partition coefficient (Wildman–Crippen LogP) is 6.71. The molecule has 424 valence electrons. The molecule has 0 aliphatic carbocycles. The van der Waals surface area contributed by atoms with Crippen LogP contribution in [-0.4, -0.2) is 92.2 Å². The van der Waals surface area contributed by atoms with E-state index in [1.165, 1.54) is 24.3 Å². The maximum Gasteiger partial charge on any atom is 2.00 e. The first-order chi connectivity index (χ1) is 38.6. The Bertz CT molecular complexity index is 3210. The van der Waals surface area contributed by atoms with Crippen molar-refractivity contribution in [3.05, 3.63) is 170 Å². The van der Waals surface area contributed by atoms with E-state index < -0.39 is 0 Å². The molecule has 0 fully saturated rings. The van der Waals surface area contributed by atoms with E-state index in [-0.39, 0.29) is 93.9 Å². The Morgan fingerprint density at radius 3 is 0.651 bits per heavy atom. The molecule has 0 spiro atoms. The summed E-state index contributed by atoms with van der Waals surface area (Å²) in [7, 11) is 0. The largest absolute Gasteiger partial charge is 2.00 e. The van der Waals surface area contributed by atoms with Crippen molar-refractivity contribution >= 4 is 66.9 Å². The van der Waals surface area contributed by atoms with Crippen LogP contribution in [0.3, 0.4) is 0 Å². The molecular weight excluding hydrogens is 1160 g/mol. The Labute approximate surface area is 504 Å². The molecule has 0 unspecified atom stereocenters. The second-order valence-electron chi connectivity index (χ2n) is 16.7. The maximum absolute atomic E-state index is 11.8. The number of hydrogen-bond acceptors (Lipinski definition) is 16. The van der Waals surface area contributed by atoms with Crippen LogP contribution in [0.2, 0.25) is 0 Å². The molecule has 12 aromatic rings. The quantitative estimate of drug-likeness (QED) is 0.0643.